The minimum Gasteiger partial charge on any atom is -0.490 e. The molecule has 0 spiro atoms. The minimum atomic E-state index is -0.568. The number of ether oxygens (including phenoxy) is 1. The molecule has 1 aliphatic carbocycles. The Bertz CT molecular complexity index is 467. The number of hydrogen-bond donors (Lipinski definition) is 1. The van der Waals surface area contributed by atoms with Crippen LogP contribution in [-0.2, 0) is 0 Å². The number of hydrogen-bond acceptors (Lipinski definition) is 3. The second-order valence-electron chi connectivity index (χ2n) is 5.55. The van der Waals surface area contributed by atoms with Gasteiger partial charge in [0, 0.05) is 6.07 Å². The average Bonchev–Trinajstić information content (AvgIpc) is 2.89. The molecule has 0 aromatic heterocycles. The topological polar surface area (TPSA) is 46.5 Å². The third kappa shape index (κ3) is 4.04. The van der Waals surface area contributed by atoms with E-state index < -0.39 is 11.9 Å². The molecular weight excluding hydrogens is 259 g/mol. The number of aliphatic hydroxyl groups excluding tert-OH is 1. The van der Waals surface area contributed by atoms with Crippen molar-refractivity contribution in [2.75, 3.05) is 6.61 Å². The van der Waals surface area contributed by atoms with Gasteiger partial charge in [0.15, 0.2) is 5.78 Å². The van der Waals surface area contributed by atoms with Crippen molar-refractivity contribution >= 4 is 5.78 Å². The van der Waals surface area contributed by atoms with E-state index in [-0.39, 0.29) is 18.1 Å². The first-order valence-corrected chi connectivity index (χ1v) is 7.17. The van der Waals surface area contributed by atoms with Gasteiger partial charge in [-0.05, 0) is 31.4 Å². The quantitative estimate of drug-likeness (QED) is 0.813. The maximum Gasteiger partial charge on any atom is 0.163 e. The van der Waals surface area contributed by atoms with Gasteiger partial charge < -0.3 is 9.84 Å². The van der Waals surface area contributed by atoms with Crippen LogP contribution in [0.2, 0.25) is 0 Å². The van der Waals surface area contributed by atoms with Gasteiger partial charge in [0.2, 0.25) is 0 Å². The molecule has 0 aliphatic heterocycles. The van der Waals surface area contributed by atoms with E-state index in [9.17, 15) is 14.3 Å². The van der Waals surface area contributed by atoms with E-state index in [2.05, 4.69) is 0 Å². The summed E-state index contributed by atoms with van der Waals surface area (Å²) in [5.74, 6) is 0.150. The zero-order valence-electron chi connectivity index (χ0n) is 11.8. The number of Topliss-reactive ketones (excluding diaryl/α,β-unsaturated/α-hetero) is 1. The van der Waals surface area contributed by atoms with Crippen molar-refractivity contribution in [2.24, 2.45) is 5.92 Å². The van der Waals surface area contributed by atoms with Crippen molar-refractivity contribution in [1.82, 2.24) is 0 Å². The SMILES string of the molecule is CC(=O)c1ccc(F)cc1OCC(O)CC1CCCC1. The molecule has 110 valence electrons. The Morgan fingerprint density at radius 1 is 1.45 bits per heavy atom. The van der Waals surface area contributed by atoms with E-state index in [1.165, 1.54) is 38.0 Å². The molecule has 0 saturated heterocycles. The molecule has 3 nitrogen and oxygen atoms in total. The molecule has 0 bridgehead atoms. The third-order valence-corrected chi connectivity index (χ3v) is 3.83. The summed E-state index contributed by atoms with van der Waals surface area (Å²) in [6, 6.07) is 3.84. The highest BCUT2D eigenvalue weighted by Crippen LogP contribution is 2.29. The van der Waals surface area contributed by atoms with Gasteiger partial charge in [-0.2, -0.15) is 0 Å². The zero-order chi connectivity index (χ0) is 14.5. The lowest BCUT2D eigenvalue weighted by Crippen LogP contribution is -2.21. The first-order chi connectivity index (χ1) is 9.56. The fourth-order valence-corrected chi connectivity index (χ4v) is 2.79. The summed E-state index contributed by atoms with van der Waals surface area (Å²) in [5.41, 5.74) is 0.347. The molecule has 1 atom stereocenters. The molecule has 1 N–H and O–H groups in total. The zero-order valence-corrected chi connectivity index (χ0v) is 11.8. The Kier molecular flexibility index (Phi) is 5.12. The van der Waals surface area contributed by atoms with Crippen LogP contribution < -0.4 is 4.74 Å². The van der Waals surface area contributed by atoms with Crippen LogP contribution in [0.4, 0.5) is 4.39 Å². The maximum atomic E-state index is 13.2. The normalized spacial score (nSPS) is 17.1. The van der Waals surface area contributed by atoms with Crippen LogP contribution in [0.5, 0.6) is 5.75 Å². The molecule has 1 aromatic carbocycles. The number of rotatable bonds is 6. The predicted molar refractivity (Wildman–Crippen MR) is 74.5 cm³/mol. The lowest BCUT2D eigenvalue weighted by Gasteiger charge is -2.17. The highest BCUT2D eigenvalue weighted by atomic mass is 19.1. The van der Waals surface area contributed by atoms with E-state index in [4.69, 9.17) is 4.74 Å². The van der Waals surface area contributed by atoms with Crippen molar-refractivity contribution in [2.45, 2.75) is 45.1 Å². The minimum absolute atomic E-state index is 0.0975. The first-order valence-electron chi connectivity index (χ1n) is 7.17. The van der Waals surface area contributed by atoms with Crippen LogP contribution in [-0.4, -0.2) is 23.6 Å². The summed E-state index contributed by atoms with van der Waals surface area (Å²) >= 11 is 0. The molecule has 0 radical (unpaired) electrons. The Balaban J connectivity index is 1.92. The number of halogens is 1. The van der Waals surface area contributed by atoms with Gasteiger partial charge in [-0.25, -0.2) is 4.39 Å². The van der Waals surface area contributed by atoms with E-state index in [1.807, 2.05) is 0 Å². The first kappa shape index (κ1) is 15.0. The molecule has 20 heavy (non-hydrogen) atoms. The lowest BCUT2D eigenvalue weighted by atomic mass is 10.0. The molecule has 0 heterocycles. The fourth-order valence-electron chi connectivity index (χ4n) is 2.79. The van der Waals surface area contributed by atoms with Gasteiger partial charge >= 0.3 is 0 Å². The van der Waals surface area contributed by atoms with Crippen molar-refractivity contribution in [3.05, 3.63) is 29.6 Å². The Labute approximate surface area is 118 Å². The average molecular weight is 280 g/mol. The Morgan fingerprint density at radius 3 is 2.80 bits per heavy atom. The van der Waals surface area contributed by atoms with Crippen LogP contribution in [0.1, 0.15) is 49.4 Å². The molecule has 1 aromatic rings. The summed E-state index contributed by atoms with van der Waals surface area (Å²) < 4.78 is 18.6. The molecular formula is C16H21FO3. The van der Waals surface area contributed by atoms with Gasteiger partial charge in [0.05, 0.1) is 11.7 Å². The van der Waals surface area contributed by atoms with Crippen molar-refractivity contribution in [1.29, 1.82) is 0 Å². The van der Waals surface area contributed by atoms with Crippen LogP contribution in [0.15, 0.2) is 18.2 Å². The lowest BCUT2D eigenvalue weighted by molar-refractivity contribution is 0.0836. The molecule has 2 rings (SSSR count). The Hall–Kier alpha value is -1.42. The second kappa shape index (κ2) is 6.84. The largest absolute Gasteiger partial charge is 0.490 e. The van der Waals surface area contributed by atoms with Crippen molar-refractivity contribution in [3.8, 4) is 5.75 Å². The second-order valence-corrected chi connectivity index (χ2v) is 5.55. The predicted octanol–water partition coefficient (Wildman–Crippen LogP) is 3.35. The van der Waals surface area contributed by atoms with Crippen LogP contribution in [0, 0.1) is 11.7 Å². The monoisotopic (exact) mass is 280 g/mol. The molecule has 0 amide bonds. The number of carbonyl (C=O) groups is 1. The molecule has 1 fully saturated rings. The van der Waals surface area contributed by atoms with E-state index >= 15 is 0 Å². The van der Waals surface area contributed by atoms with Crippen molar-refractivity contribution in [3.63, 3.8) is 0 Å². The highest BCUT2D eigenvalue weighted by Gasteiger charge is 2.19. The molecule has 4 heteroatoms. The highest BCUT2D eigenvalue weighted by molar-refractivity contribution is 5.96. The van der Waals surface area contributed by atoms with Gasteiger partial charge in [0.1, 0.15) is 18.2 Å². The van der Waals surface area contributed by atoms with E-state index in [1.54, 1.807) is 0 Å². The Morgan fingerprint density at radius 2 is 2.15 bits per heavy atom. The standard InChI is InChI=1S/C16H21FO3/c1-11(18)15-7-6-13(17)9-16(15)20-10-14(19)8-12-4-2-3-5-12/h6-7,9,12,14,19H,2-5,8,10H2,1H3. The van der Waals surface area contributed by atoms with Gasteiger partial charge in [-0.3, -0.25) is 4.79 Å². The smallest absolute Gasteiger partial charge is 0.163 e. The van der Waals surface area contributed by atoms with Crippen LogP contribution in [0.25, 0.3) is 0 Å². The number of benzene rings is 1. The van der Waals surface area contributed by atoms with Crippen molar-refractivity contribution < 1.29 is 19.0 Å². The van der Waals surface area contributed by atoms with Gasteiger partial charge in [0.25, 0.3) is 0 Å². The molecule has 1 saturated carbocycles. The molecule has 1 aliphatic rings. The number of aliphatic hydroxyl groups is 1. The van der Waals surface area contributed by atoms with E-state index in [0.29, 0.717) is 17.9 Å². The number of ketones is 1. The maximum absolute atomic E-state index is 13.2. The summed E-state index contributed by atoms with van der Waals surface area (Å²) in [7, 11) is 0. The van der Waals surface area contributed by atoms with Crippen LogP contribution >= 0.6 is 0 Å². The number of carbonyl (C=O) groups excluding carboxylic acids is 1. The summed E-state index contributed by atoms with van der Waals surface area (Å²) in [6.45, 7) is 1.51. The summed E-state index contributed by atoms with van der Waals surface area (Å²) in [5, 5.41) is 9.97. The van der Waals surface area contributed by atoms with Gasteiger partial charge in [-0.15, -0.1) is 0 Å². The van der Waals surface area contributed by atoms with Gasteiger partial charge in [-0.1, -0.05) is 25.7 Å². The van der Waals surface area contributed by atoms with E-state index in [0.717, 1.165) is 12.8 Å². The summed E-state index contributed by atoms with van der Waals surface area (Å²) in [6.07, 6.45) is 4.94. The fraction of sp³-hybridized carbons (Fsp3) is 0.562. The van der Waals surface area contributed by atoms with Crippen LogP contribution in [0.3, 0.4) is 0 Å². The third-order valence-electron chi connectivity index (χ3n) is 3.83. The molecule has 1 unspecified atom stereocenters. The summed E-state index contributed by atoms with van der Waals surface area (Å²) in [4.78, 5) is 11.4.